The largest absolute Gasteiger partial charge is 0.462 e. The van der Waals surface area contributed by atoms with E-state index in [0.717, 1.165) is 12.8 Å². The van der Waals surface area contributed by atoms with Crippen molar-refractivity contribution in [2.24, 2.45) is 0 Å². The molecule has 0 heterocycles. The molecule has 0 N–H and O–H groups in total. The first-order valence-electron chi connectivity index (χ1n) is 5.82. The number of carbonyl (C=O) groups excluding carboxylic acids is 1. The lowest BCUT2D eigenvalue weighted by molar-refractivity contribution is -0.138. The smallest absolute Gasteiger partial charge is 0.348 e. The first-order chi connectivity index (χ1) is 9.08. The Bertz CT molecular complexity index is 535. The van der Waals surface area contributed by atoms with Crippen LogP contribution in [0.2, 0.25) is 0 Å². The molecule has 3 nitrogen and oxygen atoms in total. The van der Waals surface area contributed by atoms with Gasteiger partial charge in [-0.2, -0.15) is 5.26 Å². The maximum absolute atomic E-state index is 13.1. The summed E-state index contributed by atoms with van der Waals surface area (Å²) >= 11 is 3.04. The summed E-state index contributed by atoms with van der Waals surface area (Å²) in [6.45, 7) is 2.27. The Morgan fingerprint density at radius 2 is 2.32 bits per heavy atom. The van der Waals surface area contributed by atoms with Crippen molar-refractivity contribution < 1.29 is 13.9 Å². The van der Waals surface area contributed by atoms with Crippen molar-refractivity contribution in [3.05, 3.63) is 39.6 Å². The Kier molecular flexibility index (Phi) is 6.23. The number of carbonyl (C=O) groups is 1. The lowest BCUT2D eigenvalue weighted by atomic mass is 10.1. The molecule has 0 fully saturated rings. The molecule has 0 radical (unpaired) electrons. The van der Waals surface area contributed by atoms with Gasteiger partial charge in [0.05, 0.1) is 11.1 Å². The number of rotatable bonds is 5. The molecule has 0 aliphatic rings. The Hall–Kier alpha value is -1.67. The Balaban J connectivity index is 2.84. The topological polar surface area (TPSA) is 50.1 Å². The summed E-state index contributed by atoms with van der Waals surface area (Å²) in [7, 11) is 0. The van der Waals surface area contributed by atoms with Gasteiger partial charge in [0.25, 0.3) is 0 Å². The molecular formula is C14H13BrFNO2. The van der Waals surface area contributed by atoms with Crippen LogP contribution < -0.4 is 0 Å². The standard InChI is InChI=1S/C14H13BrFNO2/c1-2-3-6-19-14(18)11(9-17)7-10-4-5-13(16)12(15)8-10/h4-5,7-8H,2-3,6H2,1H3. The van der Waals surface area contributed by atoms with E-state index in [0.29, 0.717) is 12.2 Å². The number of ether oxygens (including phenoxy) is 1. The van der Waals surface area contributed by atoms with E-state index in [1.807, 2.05) is 6.92 Å². The van der Waals surface area contributed by atoms with Crippen molar-refractivity contribution in [3.8, 4) is 6.07 Å². The van der Waals surface area contributed by atoms with Crippen LogP contribution in [0.3, 0.4) is 0 Å². The SMILES string of the molecule is CCCCOC(=O)C(C#N)=Cc1ccc(F)c(Br)c1. The number of esters is 1. The summed E-state index contributed by atoms with van der Waals surface area (Å²) in [5.74, 6) is -1.06. The molecule has 0 aliphatic heterocycles. The second-order valence-corrected chi connectivity index (χ2v) is 4.69. The van der Waals surface area contributed by atoms with E-state index >= 15 is 0 Å². The molecule has 0 spiro atoms. The molecule has 0 saturated heterocycles. The highest BCUT2D eigenvalue weighted by Gasteiger charge is 2.10. The molecule has 0 amide bonds. The van der Waals surface area contributed by atoms with E-state index in [-0.39, 0.29) is 10.0 Å². The van der Waals surface area contributed by atoms with Crippen molar-refractivity contribution >= 4 is 28.0 Å². The quantitative estimate of drug-likeness (QED) is 0.357. The lowest BCUT2D eigenvalue weighted by Crippen LogP contribution is -2.07. The minimum absolute atomic E-state index is 0.102. The van der Waals surface area contributed by atoms with Crippen LogP contribution in [0.15, 0.2) is 28.2 Å². The normalized spacial score (nSPS) is 10.9. The highest BCUT2D eigenvalue weighted by molar-refractivity contribution is 9.10. The number of benzene rings is 1. The van der Waals surface area contributed by atoms with E-state index in [4.69, 9.17) is 10.00 Å². The van der Waals surface area contributed by atoms with E-state index in [1.54, 1.807) is 6.07 Å². The zero-order valence-electron chi connectivity index (χ0n) is 10.5. The second kappa shape index (κ2) is 7.70. The number of nitriles is 1. The molecule has 100 valence electrons. The van der Waals surface area contributed by atoms with Gasteiger partial charge >= 0.3 is 5.97 Å². The summed E-state index contributed by atoms with van der Waals surface area (Å²) < 4.78 is 18.3. The molecule has 0 atom stereocenters. The third-order valence-corrected chi connectivity index (χ3v) is 2.93. The molecule has 1 rings (SSSR count). The molecule has 0 bridgehead atoms. The van der Waals surface area contributed by atoms with Crippen LogP contribution in [0.25, 0.3) is 6.08 Å². The van der Waals surface area contributed by atoms with Gasteiger partial charge in [0.2, 0.25) is 0 Å². The van der Waals surface area contributed by atoms with Gasteiger partial charge in [-0.1, -0.05) is 19.4 Å². The van der Waals surface area contributed by atoms with E-state index in [2.05, 4.69) is 15.9 Å². The Morgan fingerprint density at radius 3 is 2.89 bits per heavy atom. The van der Waals surface area contributed by atoms with Crippen molar-refractivity contribution in [3.63, 3.8) is 0 Å². The molecule has 1 aromatic carbocycles. The van der Waals surface area contributed by atoms with Gasteiger partial charge in [-0.3, -0.25) is 0 Å². The molecule has 5 heteroatoms. The molecule has 1 aromatic rings. The third kappa shape index (κ3) is 4.84. The molecule has 19 heavy (non-hydrogen) atoms. The summed E-state index contributed by atoms with van der Waals surface area (Å²) in [5.41, 5.74) is 0.451. The zero-order chi connectivity index (χ0) is 14.3. The highest BCUT2D eigenvalue weighted by atomic mass is 79.9. The maximum atomic E-state index is 13.1. The fraction of sp³-hybridized carbons (Fsp3) is 0.286. The predicted octanol–water partition coefficient (Wildman–Crippen LogP) is 3.84. The second-order valence-electron chi connectivity index (χ2n) is 3.83. The van der Waals surface area contributed by atoms with Crippen molar-refractivity contribution in [1.29, 1.82) is 5.26 Å². The molecule has 0 aliphatic carbocycles. The van der Waals surface area contributed by atoms with Gasteiger partial charge in [0.1, 0.15) is 17.5 Å². The average molecular weight is 326 g/mol. The minimum atomic E-state index is -0.656. The van der Waals surface area contributed by atoms with Crippen LogP contribution >= 0.6 is 15.9 Å². The number of nitrogens with zero attached hydrogens (tertiary/aromatic N) is 1. The van der Waals surface area contributed by atoms with Crippen LogP contribution in [0.4, 0.5) is 4.39 Å². The van der Waals surface area contributed by atoms with Gasteiger partial charge < -0.3 is 4.74 Å². The molecular weight excluding hydrogens is 313 g/mol. The fourth-order valence-electron chi connectivity index (χ4n) is 1.29. The first-order valence-corrected chi connectivity index (χ1v) is 6.61. The van der Waals surface area contributed by atoms with Crippen LogP contribution in [0.5, 0.6) is 0 Å². The third-order valence-electron chi connectivity index (χ3n) is 2.33. The van der Waals surface area contributed by atoms with E-state index in [9.17, 15) is 9.18 Å². The summed E-state index contributed by atoms with van der Waals surface area (Å²) in [4.78, 5) is 11.6. The first kappa shape index (κ1) is 15.4. The zero-order valence-corrected chi connectivity index (χ0v) is 12.0. The summed E-state index contributed by atoms with van der Waals surface area (Å²) in [5, 5.41) is 8.93. The number of halogens is 2. The fourth-order valence-corrected chi connectivity index (χ4v) is 1.69. The van der Waals surface area contributed by atoms with Gasteiger partial charge in [-0.25, -0.2) is 9.18 Å². The van der Waals surface area contributed by atoms with E-state index in [1.165, 1.54) is 24.3 Å². The van der Waals surface area contributed by atoms with Gasteiger partial charge in [-0.15, -0.1) is 0 Å². The Labute approximate surface area is 119 Å². The highest BCUT2D eigenvalue weighted by Crippen LogP contribution is 2.18. The van der Waals surface area contributed by atoms with Crippen LogP contribution in [-0.2, 0) is 9.53 Å². The van der Waals surface area contributed by atoms with Gasteiger partial charge in [0, 0.05) is 0 Å². The average Bonchev–Trinajstić information content (AvgIpc) is 2.40. The summed E-state index contributed by atoms with van der Waals surface area (Å²) in [6, 6.07) is 6.02. The van der Waals surface area contributed by atoms with Gasteiger partial charge in [-0.05, 0) is 46.1 Å². The summed E-state index contributed by atoms with van der Waals surface area (Å²) in [6.07, 6.45) is 3.04. The number of hydrogen-bond donors (Lipinski definition) is 0. The number of unbranched alkanes of at least 4 members (excludes halogenated alkanes) is 1. The van der Waals surface area contributed by atoms with E-state index < -0.39 is 11.8 Å². The predicted molar refractivity (Wildman–Crippen MR) is 73.6 cm³/mol. The van der Waals surface area contributed by atoms with Gasteiger partial charge in [0.15, 0.2) is 0 Å². The van der Waals surface area contributed by atoms with Crippen molar-refractivity contribution in [2.45, 2.75) is 19.8 Å². The van der Waals surface area contributed by atoms with Crippen molar-refractivity contribution in [1.82, 2.24) is 0 Å². The van der Waals surface area contributed by atoms with Crippen LogP contribution in [0, 0.1) is 17.1 Å². The van der Waals surface area contributed by atoms with Crippen molar-refractivity contribution in [2.75, 3.05) is 6.61 Å². The van der Waals surface area contributed by atoms with Crippen LogP contribution in [-0.4, -0.2) is 12.6 Å². The minimum Gasteiger partial charge on any atom is -0.462 e. The monoisotopic (exact) mass is 325 g/mol. The lowest BCUT2D eigenvalue weighted by Gasteiger charge is -2.03. The molecule has 0 unspecified atom stereocenters. The maximum Gasteiger partial charge on any atom is 0.348 e. The van der Waals surface area contributed by atoms with Crippen LogP contribution in [0.1, 0.15) is 25.3 Å². The molecule has 0 aromatic heterocycles. The number of hydrogen-bond acceptors (Lipinski definition) is 3. The Morgan fingerprint density at radius 1 is 1.58 bits per heavy atom. The molecule has 0 saturated carbocycles.